The molecular formula is C19H12BrFO3. The Morgan fingerprint density at radius 3 is 2.25 bits per heavy atom. The summed E-state index contributed by atoms with van der Waals surface area (Å²) in [7, 11) is 0. The molecule has 0 N–H and O–H groups in total. The minimum absolute atomic E-state index is 0.109. The van der Waals surface area contributed by atoms with E-state index in [4.69, 9.17) is 9.47 Å². The number of esters is 1. The van der Waals surface area contributed by atoms with Crippen molar-refractivity contribution in [2.75, 3.05) is 0 Å². The first-order valence-corrected chi connectivity index (χ1v) is 7.91. The van der Waals surface area contributed by atoms with Crippen molar-refractivity contribution >= 4 is 21.9 Å². The van der Waals surface area contributed by atoms with E-state index in [1.807, 2.05) is 6.07 Å². The van der Waals surface area contributed by atoms with Gasteiger partial charge in [-0.1, -0.05) is 34.1 Å². The number of carbonyl (C=O) groups excluding carboxylic acids is 1. The molecule has 0 saturated carbocycles. The SMILES string of the molecule is O=C(Oc1ccccc1)c1ccc(Oc2ccc(Br)cc2F)cc1. The van der Waals surface area contributed by atoms with E-state index in [1.54, 1.807) is 54.6 Å². The largest absolute Gasteiger partial charge is 0.454 e. The van der Waals surface area contributed by atoms with E-state index in [-0.39, 0.29) is 5.75 Å². The summed E-state index contributed by atoms with van der Waals surface area (Å²) < 4.78 is 25.1. The number of para-hydroxylation sites is 1. The molecule has 0 aliphatic heterocycles. The van der Waals surface area contributed by atoms with Crippen LogP contribution in [0.15, 0.2) is 77.3 Å². The van der Waals surface area contributed by atoms with Gasteiger partial charge in [0.25, 0.3) is 0 Å². The number of ether oxygens (including phenoxy) is 2. The van der Waals surface area contributed by atoms with E-state index in [9.17, 15) is 9.18 Å². The van der Waals surface area contributed by atoms with Crippen molar-refractivity contribution in [1.29, 1.82) is 0 Å². The van der Waals surface area contributed by atoms with Crippen LogP contribution in [0, 0.1) is 5.82 Å². The number of carbonyl (C=O) groups is 1. The van der Waals surface area contributed by atoms with E-state index in [0.717, 1.165) is 0 Å². The molecule has 3 rings (SSSR count). The lowest BCUT2D eigenvalue weighted by atomic mass is 10.2. The topological polar surface area (TPSA) is 35.5 Å². The van der Waals surface area contributed by atoms with Gasteiger partial charge in [0, 0.05) is 4.47 Å². The fraction of sp³-hybridized carbons (Fsp3) is 0. The summed E-state index contributed by atoms with van der Waals surface area (Å²) in [4.78, 5) is 12.0. The van der Waals surface area contributed by atoms with Crippen LogP contribution in [0.2, 0.25) is 0 Å². The lowest BCUT2D eigenvalue weighted by Crippen LogP contribution is -2.08. The molecule has 0 atom stereocenters. The molecule has 120 valence electrons. The molecule has 3 aromatic rings. The zero-order valence-corrected chi connectivity index (χ0v) is 14.0. The van der Waals surface area contributed by atoms with Crippen molar-refractivity contribution in [2.24, 2.45) is 0 Å². The van der Waals surface area contributed by atoms with Crippen molar-refractivity contribution in [3.05, 3.63) is 88.6 Å². The highest BCUT2D eigenvalue weighted by molar-refractivity contribution is 9.10. The van der Waals surface area contributed by atoms with Crippen molar-refractivity contribution in [3.8, 4) is 17.2 Å². The Kier molecular flexibility index (Phi) is 4.91. The van der Waals surface area contributed by atoms with Crippen LogP contribution in [0.1, 0.15) is 10.4 Å². The molecule has 0 spiro atoms. The van der Waals surface area contributed by atoms with Gasteiger partial charge in [-0.2, -0.15) is 0 Å². The van der Waals surface area contributed by atoms with E-state index < -0.39 is 11.8 Å². The molecule has 24 heavy (non-hydrogen) atoms. The van der Waals surface area contributed by atoms with Crippen LogP contribution in [0.5, 0.6) is 17.2 Å². The first-order valence-electron chi connectivity index (χ1n) is 7.12. The zero-order chi connectivity index (χ0) is 16.9. The second-order valence-electron chi connectivity index (χ2n) is 4.90. The Balaban J connectivity index is 1.70. The molecule has 0 fully saturated rings. The van der Waals surface area contributed by atoms with Gasteiger partial charge in [0.05, 0.1) is 5.56 Å². The van der Waals surface area contributed by atoms with E-state index >= 15 is 0 Å². The third kappa shape index (κ3) is 4.00. The normalized spacial score (nSPS) is 10.2. The van der Waals surface area contributed by atoms with Crippen molar-refractivity contribution < 1.29 is 18.7 Å². The molecule has 0 aromatic heterocycles. The summed E-state index contributed by atoms with van der Waals surface area (Å²) in [6.07, 6.45) is 0. The standard InChI is InChI=1S/C19H12BrFO3/c20-14-8-11-18(17(21)12-14)23-16-9-6-13(7-10-16)19(22)24-15-4-2-1-3-5-15/h1-12H. The lowest BCUT2D eigenvalue weighted by molar-refractivity contribution is 0.0735. The zero-order valence-electron chi connectivity index (χ0n) is 12.4. The van der Waals surface area contributed by atoms with Crippen molar-refractivity contribution in [2.45, 2.75) is 0 Å². The van der Waals surface area contributed by atoms with Gasteiger partial charge >= 0.3 is 5.97 Å². The summed E-state index contributed by atoms with van der Waals surface area (Å²) in [6.45, 7) is 0. The maximum Gasteiger partial charge on any atom is 0.343 e. The van der Waals surface area contributed by atoms with Gasteiger partial charge < -0.3 is 9.47 Å². The van der Waals surface area contributed by atoms with Crippen LogP contribution in [0.3, 0.4) is 0 Å². The highest BCUT2D eigenvalue weighted by Crippen LogP contribution is 2.27. The fourth-order valence-corrected chi connectivity index (χ4v) is 2.33. The highest BCUT2D eigenvalue weighted by Gasteiger charge is 2.10. The van der Waals surface area contributed by atoms with Crippen LogP contribution in [-0.4, -0.2) is 5.97 Å². The second kappa shape index (κ2) is 7.27. The van der Waals surface area contributed by atoms with Crippen molar-refractivity contribution in [1.82, 2.24) is 0 Å². The maximum absolute atomic E-state index is 13.8. The third-order valence-corrected chi connectivity index (χ3v) is 3.66. The maximum atomic E-state index is 13.8. The minimum Gasteiger partial charge on any atom is -0.454 e. The Hall–Kier alpha value is -2.66. The fourth-order valence-electron chi connectivity index (χ4n) is 2.00. The predicted octanol–water partition coefficient (Wildman–Crippen LogP) is 5.60. The molecule has 3 nitrogen and oxygen atoms in total. The predicted molar refractivity (Wildman–Crippen MR) is 92.0 cm³/mol. The molecule has 0 amide bonds. The minimum atomic E-state index is -0.475. The third-order valence-electron chi connectivity index (χ3n) is 3.17. The molecule has 0 unspecified atom stereocenters. The molecule has 0 heterocycles. The number of hydrogen-bond donors (Lipinski definition) is 0. The summed E-state index contributed by atoms with van der Waals surface area (Å²) in [5.41, 5.74) is 0.377. The monoisotopic (exact) mass is 386 g/mol. The summed E-state index contributed by atoms with van der Waals surface area (Å²) in [5, 5.41) is 0. The van der Waals surface area contributed by atoms with Gasteiger partial charge in [-0.25, -0.2) is 9.18 Å². The van der Waals surface area contributed by atoms with Crippen LogP contribution in [-0.2, 0) is 0 Å². The lowest BCUT2D eigenvalue weighted by Gasteiger charge is -2.08. The highest BCUT2D eigenvalue weighted by atomic mass is 79.9. The summed E-state index contributed by atoms with van der Waals surface area (Å²) >= 11 is 3.19. The molecular weight excluding hydrogens is 375 g/mol. The van der Waals surface area contributed by atoms with E-state index in [0.29, 0.717) is 21.5 Å². The van der Waals surface area contributed by atoms with Crippen LogP contribution >= 0.6 is 15.9 Å². The molecule has 0 aliphatic carbocycles. The number of hydrogen-bond acceptors (Lipinski definition) is 3. The molecule has 5 heteroatoms. The van der Waals surface area contributed by atoms with E-state index in [1.165, 1.54) is 12.1 Å². The van der Waals surface area contributed by atoms with Crippen LogP contribution < -0.4 is 9.47 Å². The average Bonchev–Trinajstić information content (AvgIpc) is 2.59. The Morgan fingerprint density at radius 1 is 0.875 bits per heavy atom. The smallest absolute Gasteiger partial charge is 0.343 e. The van der Waals surface area contributed by atoms with Gasteiger partial charge in [-0.15, -0.1) is 0 Å². The molecule has 0 radical (unpaired) electrons. The van der Waals surface area contributed by atoms with Gasteiger partial charge in [0.2, 0.25) is 0 Å². The number of benzene rings is 3. The van der Waals surface area contributed by atoms with Gasteiger partial charge in [-0.05, 0) is 54.6 Å². The first kappa shape index (κ1) is 16.2. The Labute approximate surface area is 146 Å². The van der Waals surface area contributed by atoms with E-state index in [2.05, 4.69) is 15.9 Å². The van der Waals surface area contributed by atoms with Crippen LogP contribution in [0.25, 0.3) is 0 Å². The molecule has 0 bridgehead atoms. The van der Waals surface area contributed by atoms with Gasteiger partial charge in [-0.3, -0.25) is 0 Å². The van der Waals surface area contributed by atoms with Crippen molar-refractivity contribution in [3.63, 3.8) is 0 Å². The summed E-state index contributed by atoms with van der Waals surface area (Å²) in [5.74, 6) is 0.0598. The Morgan fingerprint density at radius 2 is 1.58 bits per heavy atom. The number of halogens is 2. The number of rotatable bonds is 4. The van der Waals surface area contributed by atoms with Crippen LogP contribution in [0.4, 0.5) is 4.39 Å². The first-order chi connectivity index (χ1) is 11.6. The summed E-state index contributed by atoms with van der Waals surface area (Å²) in [6, 6.07) is 19.6. The Bertz CT molecular complexity index is 848. The molecule has 0 saturated heterocycles. The molecule has 0 aliphatic rings. The van der Waals surface area contributed by atoms with Gasteiger partial charge in [0.1, 0.15) is 11.5 Å². The second-order valence-corrected chi connectivity index (χ2v) is 5.82. The average molecular weight is 387 g/mol. The van der Waals surface area contributed by atoms with Gasteiger partial charge in [0.15, 0.2) is 11.6 Å². The molecule has 3 aromatic carbocycles. The quantitative estimate of drug-likeness (QED) is 0.432.